The van der Waals surface area contributed by atoms with Crippen molar-refractivity contribution in [3.05, 3.63) is 78.6 Å². The third-order valence-corrected chi connectivity index (χ3v) is 7.17. The summed E-state index contributed by atoms with van der Waals surface area (Å²) >= 11 is 0. The van der Waals surface area contributed by atoms with E-state index in [0.29, 0.717) is 30.5 Å². The first-order valence-corrected chi connectivity index (χ1v) is 13.7. The molecule has 194 valence electrons. The third-order valence-electron chi connectivity index (χ3n) is 5.90. The molecule has 1 aliphatic rings. The van der Waals surface area contributed by atoms with Crippen LogP contribution in [0.25, 0.3) is 10.9 Å². The van der Waals surface area contributed by atoms with Crippen molar-refractivity contribution in [2.45, 2.75) is 6.10 Å². The fourth-order valence-electron chi connectivity index (χ4n) is 3.96. The van der Waals surface area contributed by atoms with E-state index in [4.69, 9.17) is 14.2 Å². The number of hydrogen-bond acceptors (Lipinski definition) is 8. The van der Waals surface area contributed by atoms with Crippen LogP contribution in [0.3, 0.4) is 0 Å². The van der Waals surface area contributed by atoms with E-state index >= 15 is 0 Å². The molecular formula is C28H26N4O5S. The van der Waals surface area contributed by atoms with Crippen LogP contribution in [-0.2, 0) is 14.8 Å². The molecule has 4 aromatic rings. The van der Waals surface area contributed by atoms with E-state index in [9.17, 15) is 8.42 Å². The van der Waals surface area contributed by atoms with Gasteiger partial charge in [0.05, 0.1) is 32.0 Å². The Labute approximate surface area is 221 Å². The summed E-state index contributed by atoms with van der Waals surface area (Å²) in [4.78, 5) is 8.78. The van der Waals surface area contributed by atoms with Gasteiger partial charge in [-0.1, -0.05) is 17.9 Å². The highest BCUT2D eigenvalue weighted by molar-refractivity contribution is 7.88. The molecule has 2 heterocycles. The zero-order valence-corrected chi connectivity index (χ0v) is 21.7. The molecule has 0 bridgehead atoms. The van der Waals surface area contributed by atoms with Crippen LogP contribution in [-0.4, -0.2) is 61.9 Å². The van der Waals surface area contributed by atoms with Gasteiger partial charge in [-0.3, -0.25) is 0 Å². The Hall–Kier alpha value is -4.17. The van der Waals surface area contributed by atoms with E-state index in [2.05, 4.69) is 27.1 Å². The lowest BCUT2D eigenvalue weighted by Gasteiger charge is -2.28. The molecule has 0 aliphatic carbocycles. The van der Waals surface area contributed by atoms with Crippen LogP contribution in [0.2, 0.25) is 0 Å². The van der Waals surface area contributed by atoms with Gasteiger partial charge in [-0.05, 0) is 54.6 Å². The highest BCUT2D eigenvalue weighted by Gasteiger charge is 2.25. The highest BCUT2D eigenvalue weighted by Crippen LogP contribution is 2.28. The summed E-state index contributed by atoms with van der Waals surface area (Å²) in [6.07, 6.45) is 2.21. The Morgan fingerprint density at radius 1 is 1.03 bits per heavy atom. The molecule has 1 aliphatic heterocycles. The molecule has 0 spiro atoms. The standard InChI is InChI=1S/C28H26N4O5S/c1-35-23-4-3-5-24(17-23)37-22-11-8-21(9-12-22)31-28-26-16-20(7-13-27(26)29-19-30-28)6-10-25-18-32(14-15-36-25)38(2,33)34/h3-5,7-9,11-13,16-17,19,25H,14-15,18H2,1-2H3,(H,29,30,31). The lowest BCUT2D eigenvalue weighted by Crippen LogP contribution is -2.44. The van der Waals surface area contributed by atoms with E-state index in [1.54, 1.807) is 7.11 Å². The smallest absolute Gasteiger partial charge is 0.211 e. The van der Waals surface area contributed by atoms with Crippen LogP contribution in [0, 0.1) is 11.8 Å². The second-order valence-electron chi connectivity index (χ2n) is 8.63. The van der Waals surface area contributed by atoms with Gasteiger partial charge in [-0.2, -0.15) is 4.31 Å². The molecule has 0 saturated carbocycles. The van der Waals surface area contributed by atoms with Crippen LogP contribution >= 0.6 is 0 Å². The minimum atomic E-state index is -3.28. The van der Waals surface area contributed by atoms with Crippen molar-refractivity contribution in [3.63, 3.8) is 0 Å². The topological polar surface area (TPSA) is 103 Å². The molecule has 1 aromatic heterocycles. The molecule has 1 atom stereocenters. The number of morpholine rings is 1. The molecule has 0 amide bonds. The van der Waals surface area contributed by atoms with E-state index in [1.165, 1.54) is 16.9 Å². The number of anilines is 2. The summed E-state index contributed by atoms with van der Waals surface area (Å²) in [5, 5.41) is 4.14. The zero-order valence-electron chi connectivity index (χ0n) is 20.9. The normalized spacial score (nSPS) is 15.9. The number of methoxy groups -OCH3 is 1. The SMILES string of the molecule is COc1cccc(Oc2ccc(Nc3ncnc4ccc(C#CC5CN(S(C)(=O)=O)CCO5)cc34)cc2)c1. The second-order valence-corrected chi connectivity index (χ2v) is 10.6. The minimum Gasteiger partial charge on any atom is -0.497 e. The Morgan fingerprint density at radius 2 is 1.84 bits per heavy atom. The van der Waals surface area contributed by atoms with Crippen molar-refractivity contribution in [1.82, 2.24) is 14.3 Å². The summed E-state index contributed by atoms with van der Waals surface area (Å²) in [6.45, 7) is 0.871. The Bertz CT molecular complexity index is 1610. The summed E-state index contributed by atoms with van der Waals surface area (Å²) in [5.41, 5.74) is 2.34. The van der Waals surface area contributed by atoms with E-state index in [0.717, 1.165) is 27.9 Å². The maximum absolute atomic E-state index is 11.9. The van der Waals surface area contributed by atoms with Crippen molar-refractivity contribution in [1.29, 1.82) is 0 Å². The van der Waals surface area contributed by atoms with Gasteiger partial charge in [0, 0.05) is 29.2 Å². The monoisotopic (exact) mass is 530 g/mol. The van der Waals surface area contributed by atoms with Crippen LogP contribution < -0.4 is 14.8 Å². The van der Waals surface area contributed by atoms with Gasteiger partial charge in [0.2, 0.25) is 10.0 Å². The predicted octanol–water partition coefficient (Wildman–Crippen LogP) is 4.19. The molecule has 1 fully saturated rings. The number of aromatic nitrogens is 2. The molecule has 10 heteroatoms. The molecule has 38 heavy (non-hydrogen) atoms. The average molecular weight is 531 g/mol. The van der Waals surface area contributed by atoms with Gasteiger partial charge in [0.1, 0.15) is 35.5 Å². The lowest BCUT2D eigenvalue weighted by molar-refractivity contribution is 0.0325. The number of ether oxygens (including phenoxy) is 3. The summed E-state index contributed by atoms with van der Waals surface area (Å²) < 4.78 is 41.9. The first-order chi connectivity index (χ1) is 18.4. The van der Waals surface area contributed by atoms with Gasteiger partial charge in [0.25, 0.3) is 0 Å². The van der Waals surface area contributed by atoms with E-state index in [1.807, 2.05) is 66.7 Å². The van der Waals surface area contributed by atoms with E-state index in [-0.39, 0.29) is 6.54 Å². The van der Waals surface area contributed by atoms with Crippen molar-refractivity contribution >= 4 is 32.4 Å². The molecule has 0 radical (unpaired) electrons. The van der Waals surface area contributed by atoms with Gasteiger partial charge >= 0.3 is 0 Å². The maximum Gasteiger partial charge on any atom is 0.211 e. The number of fused-ring (bicyclic) bond motifs is 1. The third kappa shape index (κ3) is 6.20. The Kier molecular flexibility index (Phi) is 7.42. The van der Waals surface area contributed by atoms with Crippen LogP contribution in [0.4, 0.5) is 11.5 Å². The molecule has 1 saturated heterocycles. The number of hydrogen-bond donors (Lipinski definition) is 1. The second kappa shape index (κ2) is 11.1. The number of sulfonamides is 1. The Morgan fingerprint density at radius 3 is 2.63 bits per heavy atom. The lowest BCUT2D eigenvalue weighted by atomic mass is 10.1. The number of benzene rings is 3. The molecule has 1 unspecified atom stereocenters. The molecule has 3 aromatic carbocycles. The molecule has 5 rings (SSSR count). The van der Waals surface area contributed by atoms with Gasteiger partial charge < -0.3 is 19.5 Å². The Balaban J connectivity index is 1.32. The molecule has 9 nitrogen and oxygen atoms in total. The fraction of sp³-hybridized carbons (Fsp3) is 0.214. The summed E-state index contributed by atoms with van der Waals surface area (Å²) in [6, 6.07) is 20.6. The summed E-state index contributed by atoms with van der Waals surface area (Å²) in [7, 11) is -1.66. The van der Waals surface area contributed by atoms with Crippen molar-refractivity contribution in [2.24, 2.45) is 0 Å². The first-order valence-electron chi connectivity index (χ1n) is 11.9. The number of nitrogens with zero attached hydrogens (tertiary/aromatic N) is 3. The number of nitrogens with one attached hydrogen (secondary N) is 1. The van der Waals surface area contributed by atoms with Crippen molar-refractivity contribution in [3.8, 4) is 29.1 Å². The van der Waals surface area contributed by atoms with Crippen molar-refractivity contribution in [2.75, 3.05) is 38.4 Å². The van der Waals surface area contributed by atoms with Crippen LogP contribution in [0.1, 0.15) is 5.56 Å². The summed E-state index contributed by atoms with van der Waals surface area (Å²) in [5.74, 6) is 8.88. The van der Waals surface area contributed by atoms with E-state index < -0.39 is 16.1 Å². The van der Waals surface area contributed by atoms with Crippen molar-refractivity contribution < 1.29 is 22.6 Å². The maximum atomic E-state index is 11.9. The quantitative estimate of drug-likeness (QED) is 0.370. The largest absolute Gasteiger partial charge is 0.497 e. The highest BCUT2D eigenvalue weighted by atomic mass is 32.2. The van der Waals surface area contributed by atoms with Gasteiger partial charge in [0.15, 0.2) is 0 Å². The number of rotatable bonds is 6. The zero-order chi connectivity index (χ0) is 26.5. The molecule has 1 N–H and O–H groups in total. The molecular weight excluding hydrogens is 504 g/mol. The van der Waals surface area contributed by atoms with Gasteiger partial charge in [-0.25, -0.2) is 18.4 Å². The van der Waals surface area contributed by atoms with Crippen LogP contribution in [0.15, 0.2) is 73.1 Å². The fourth-order valence-corrected chi connectivity index (χ4v) is 4.77. The van der Waals surface area contributed by atoms with Crippen LogP contribution in [0.5, 0.6) is 17.2 Å². The predicted molar refractivity (Wildman–Crippen MR) is 145 cm³/mol. The first kappa shape index (κ1) is 25.5. The van der Waals surface area contributed by atoms with Gasteiger partial charge in [-0.15, -0.1) is 0 Å². The minimum absolute atomic E-state index is 0.215. The average Bonchev–Trinajstić information content (AvgIpc) is 2.93.